The van der Waals surface area contributed by atoms with Crippen LogP contribution in [-0.2, 0) is 0 Å². The number of hydrogen-bond acceptors (Lipinski definition) is 2. The first-order chi connectivity index (χ1) is 8.60. The summed E-state index contributed by atoms with van der Waals surface area (Å²) in [7, 11) is 0. The van der Waals surface area contributed by atoms with Crippen molar-refractivity contribution in [1.82, 2.24) is 0 Å². The van der Waals surface area contributed by atoms with E-state index < -0.39 is 0 Å². The van der Waals surface area contributed by atoms with Crippen molar-refractivity contribution in [3.63, 3.8) is 0 Å². The van der Waals surface area contributed by atoms with Crippen LogP contribution in [0.15, 0.2) is 40.9 Å². The van der Waals surface area contributed by atoms with Crippen LogP contribution in [0.5, 0.6) is 0 Å². The highest BCUT2D eigenvalue weighted by molar-refractivity contribution is 9.10. The fraction of sp³-hybridized carbons (Fsp3) is 0. The van der Waals surface area contributed by atoms with Crippen molar-refractivity contribution in [1.29, 1.82) is 5.26 Å². The lowest BCUT2D eigenvalue weighted by molar-refractivity contribution is 1.47. The smallest absolute Gasteiger partial charge is 0.0992 e. The van der Waals surface area contributed by atoms with E-state index in [0.717, 1.165) is 15.8 Å². The Morgan fingerprint density at radius 1 is 1.06 bits per heavy atom. The molecule has 2 nitrogen and oxygen atoms in total. The topological polar surface area (TPSA) is 35.8 Å². The molecule has 1 N–H and O–H groups in total. The van der Waals surface area contributed by atoms with Gasteiger partial charge in [-0.05, 0) is 52.3 Å². The van der Waals surface area contributed by atoms with Gasteiger partial charge in [0.05, 0.1) is 27.4 Å². The largest absolute Gasteiger partial charge is 0.354 e. The molecule has 0 saturated heterocycles. The number of benzene rings is 2. The lowest BCUT2D eigenvalue weighted by Crippen LogP contribution is -1.91. The van der Waals surface area contributed by atoms with Crippen LogP contribution in [0.25, 0.3) is 0 Å². The van der Waals surface area contributed by atoms with E-state index in [1.165, 1.54) is 0 Å². The molecule has 0 spiro atoms. The standard InChI is InChI=1S/C13H7BrCl2N2/c14-10-3-2-9(6-11(10)15)18-13-4-1-8(7-17)5-12(13)16/h1-6,18H. The van der Waals surface area contributed by atoms with Crippen LogP contribution in [-0.4, -0.2) is 0 Å². The molecule has 2 aromatic carbocycles. The SMILES string of the molecule is N#Cc1ccc(Nc2ccc(Br)c(Cl)c2)c(Cl)c1. The number of hydrogen-bond donors (Lipinski definition) is 1. The van der Waals surface area contributed by atoms with Gasteiger partial charge in [0, 0.05) is 10.2 Å². The van der Waals surface area contributed by atoms with E-state index in [4.69, 9.17) is 28.5 Å². The van der Waals surface area contributed by atoms with Crippen molar-refractivity contribution in [2.75, 3.05) is 5.32 Å². The van der Waals surface area contributed by atoms with Crippen LogP contribution >= 0.6 is 39.1 Å². The van der Waals surface area contributed by atoms with Crippen LogP contribution in [0.3, 0.4) is 0 Å². The molecular formula is C13H7BrCl2N2. The van der Waals surface area contributed by atoms with Gasteiger partial charge in [0.25, 0.3) is 0 Å². The highest BCUT2D eigenvalue weighted by Crippen LogP contribution is 2.30. The van der Waals surface area contributed by atoms with Crippen LogP contribution in [0.4, 0.5) is 11.4 Å². The van der Waals surface area contributed by atoms with Gasteiger partial charge in [-0.3, -0.25) is 0 Å². The first-order valence-corrected chi connectivity index (χ1v) is 6.57. The molecule has 18 heavy (non-hydrogen) atoms. The third-order valence-corrected chi connectivity index (χ3v) is 3.84. The molecule has 2 rings (SSSR count). The van der Waals surface area contributed by atoms with Gasteiger partial charge in [-0.2, -0.15) is 5.26 Å². The zero-order valence-corrected chi connectivity index (χ0v) is 12.1. The third kappa shape index (κ3) is 2.97. The molecule has 5 heteroatoms. The second-order valence-electron chi connectivity index (χ2n) is 3.56. The predicted octanol–water partition coefficient (Wildman–Crippen LogP) is 5.37. The summed E-state index contributed by atoms with van der Waals surface area (Å²) in [5, 5.41) is 13.0. The Morgan fingerprint density at radius 2 is 1.83 bits per heavy atom. The van der Waals surface area contributed by atoms with Crippen molar-refractivity contribution in [3.05, 3.63) is 56.5 Å². The maximum Gasteiger partial charge on any atom is 0.0992 e. The number of nitrogens with one attached hydrogen (secondary N) is 1. The molecular weight excluding hydrogens is 335 g/mol. The lowest BCUT2D eigenvalue weighted by Gasteiger charge is -2.09. The van der Waals surface area contributed by atoms with Crippen molar-refractivity contribution in [2.45, 2.75) is 0 Å². The molecule has 0 amide bonds. The van der Waals surface area contributed by atoms with Gasteiger partial charge in [-0.1, -0.05) is 23.2 Å². The zero-order chi connectivity index (χ0) is 13.1. The van der Waals surface area contributed by atoms with Crippen molar-refractivity contribution >= 4 is 50.5 Å². The summed E-state index contributed by atoms with van der Waals surface area (Å²) in [6, 6.07) is 12.6. The summed E-state index contributed by atoms with van der Waals surface area (Å²) >= 11 is 15.4. The van der Waals surface area contributed by atoms with Crippen molar-refractivity contribution in [3.8, 4) is 6.07 Å². The van der Waals surface area contributed by atoms with Crippen LogP contribution < -0.4 is 5.32 Å². The highest BCUT2D eigenvalue weighted by atomic mass is 79.9. The lowest BCUT2D eigenvalue weighted by atomic mass is 10.2. The summed E-state index contributed by atoms with van der Waals surface area (Å²) in [6.45, 7) is 0. The first kappa shape index (κ1) is 13.2. The van der Waals surface area contributed by atoms with E-state index in [2.05, 4.69) is 21.2 Å². The average molecular weight is 342 g/mol. The number of nitrogens with zero attached hydrogens (tertiary/aromatic N) is 1. The van der Waals surface area contributed by atoms with Gasteiger partial charge < -0.3 is 5.32 Å². The molecule has 90 valence electrons. The molecule has 0 saturated carbocycles. The Morgan fingerprint density at radius 3 is 2.44 bits per heavy atom. The Balaban J connectivity index is 2.29. The quantitative estimate of drug-likeness (QED) is 0.796. The Bertz CT molecular complexity index is 635. The molecule has 0 aliphatic carbocycles. The Hall–Kier alpha value is -1.21. The molecule has 0 aliphatic heterocycles. The molecule has 0 heterocycles. The van der Waals surface area contributed by atoms with Crippen LogP contribution in [0.1, 0.15) is 5.56 Å². The molecule has 2 aromatic rings. The molecule has 0 atom stereocenters. The van der Waals surface area contributed by atoms with Gasteiger partial charge in [0.1, 0.15) is 0 Å². The minimum Gasteiger partial charge on any atom is -0.354 e. The van der Waals surface area contributed by atoms with Crippen LogP contribution in [0.2, 0.25) is 10.0 Å². The fourth-order valence-corrected chi connectivity index (χ4v) is 2.07. The van der Waals surface area contributed by atoms with Gasteiger partial charge in [0.2, 0.25) is 0 Å². The predicted molar refractivity (Wildman–Crippen MR) is 78.6 cm³/mol. The number of anilines is 2. The number of rotatable bonds is 2. The second kappa shape index (κ2) is 5.62. The third-order valence-electron chi connectivity index (χ3n) is 2.30. The molecule has 0 bridgehead atoms. The molecule has 0 aromatic heterocycles. The van der Waals surface area contributed by atoms with E-state index in [1.807, 2.05) is 18.2 Å². The van der Waals surface area contributed by atoms with E-state index in [1.54, 1.807) is 24.3 Å². The Labute approximate surface area is 123 Å². The summed E-state index contributed by atoms with van der Waals surface area (Å²) in [6.07, 6.45) is 0. The second-order valence-corrected chi connectivity index (χ2v) is 5.23. The molecule has 0 aliphatic rings. The summed E-state index contributed by atoms with van der Waals surface area (Å²) in [4.78, 5) is 0. The summed E-state index contributed by atoms with van der Waals surface area (Å²) in [5.74, 6) is 0. The summed E-state index contributed by atoms with van der Waals surface area (Å²) in [5.41, 5.74) is 2.09. The number of halogens is 3. The monoisotopic (exact) mass is 340 g/mol. The number of nitriles is 1. The minimum atomic E-state index is 0.494. The fourth-order valence-electron chi connectivity index (χ4n) is 1.42. The molecule has 0 radical (unpaired) electrons. The Kier molecular flexibility index (Phi) is 4.13. The van der Waals surface area contributed by atoms with E-state index in [0.29, 0.717) is 15.6 Å². The average Bonchev–Trinajstić information content (AvgIpc) is 2.36. The van der Waals surface area contributed by atoms with Crippen molar-refractivity contribution < 1.29 is 0 Å². The van der Waals surface area contributed by atoms with Crippen molar-refractivity contribution in [2.24, 2.45) is 0 Å². The van der Waals surface area contributed by atoms with Gasteiger partial charge >= 0.3 is 0 Å². The van der Waals surface area contributed by atoms with E-state index >= 15 is 0 Å². The zero-order valence-electron chi connectivity index (χ0n) is 9.05. The highest BCUT2D eigenvalue weighted by Gasteiger charge is 2.04. The minimum absolute atomic E-state index is 0.494. The van der Waals surface area contributed by atoms with Gasteiger partial charge in [0.15, 0.2) is 0 Å². The van der Waals surface area contributed by atoms with Crippen LogP contribution in [0, 0.1) is 11.3 Å². The summed E-state index contributed by atoms with van der Waals surface area (Å²) < 4.78 is 0.834. The molecule has 0 fully saturated rings. The molecule has 0 unspecified atom stereocenters. The van der Waals surface area contributed by atoms with E-state index in [9.17, 15) is 0 Å². The van der Waals surface area contributed by atoms with Gasteiger partial charge in [-0.25, -0.2) is 0 Å². The van der Waals surface area contributed by atoms with E-state index in [-0.39, 0.29) is 0 Å². The first-order valence-electron chi connectivity index (χ1n) is 5.02. The maximum absolute atomic E-state index is 8.76. The maximum atomic E-state index is 8.76. The van der Waals surface area contributed by atoms with Gasteiger partial charge in [-0.15, -0.1) is 0 Å². The normalized spacial score (nSPS) is 9.89.